The number of rotatable bonds is 21. The van der Waals surface area contributed by atoms with Crippen molar-refractivity contribution in [3.8, 4) is 0 Å². The van der Waals surface area contributed by atoms with Gasteiger partial charge in [-0.15, -0.1) is 0 Å². The van der Waals surface area contributed by atoms with Gasteiger partial charge in [-0.25, -0.2) is 4.89 Å². The van der Waals surface area contributed by atoms with Gasteiger partial charge in [0, 0.05) is 6.42 Å². The molecule has 0 bridgehead atoms. The fourth-order valence-electron chi connectivity index (χ4n) is 3.12. The van der Waals surface area contributed by atoms with Gasteiger partial charge in [0.1, 0.15) is 12.6 Å². The molecule has 0 fully saturated rings. The lowest BCUT2D eigenvalue weighted by molar-refractivity contribution is -0.872. The minimum atomic E-state index is -4.82. The Morgan fingerprint density at radius 1 is 1.00 bits per heavy atom. The Kier molecular flexibility index (Phi) is 16.9. The number of aliphatic hydroxyl groups excluding tert-OH is 1. The van der Waals surface area contributed by atoms with Crippen LogP contribution in [0.25, 0.3) is 0 Å². The van der Waals surface area contributed by atoms with Crippen molar-refractivity contribution in [2.75, 3.05) is 40.9 Å². The van der Waals surface area contributed by atoms with Crippen molar-refractivity contribution < 1.29 is 43.0 Å². The predicted octanol–water partition coefficient (Wildman–Crippen LogP) is 3.29. The molecule has 0 aliphatic heterocycles. The van der Waals surface area contributed by atoms with Gasteiger partial charge in [0.25, 0.3) is 7.82 Å². The maximum atomic E-state index is 12.6. The van der Waals surface area contributed by atoms with Gasteiger partial charge in [0.05, 0.1) is 34.4 Å². The van der Waals surface area contributed by atoms with Crippen LogP contribution in [-0.4, -0.2) is 73.7 Å². The average molecular weight is 470 g/mol. The normalized spacial score (nSPS) is 16.1. The van der Waals surface area contributed by atoms with Gasteiger partial charge in [0.15, 0.2) is 11.9 Å². The summed E-state index contributed by atoms with van der Waals surface area (Å²) < 4.78 is 22.2. The lowest BCUT2D eigenvalue weighted by atomic mass is 10.0. The Labute approximate surface area is 187 Å². The van der Waals surface area contributed by atoms with E-state index < -0.39 is 33.2 Å². The number of unbranched alkanes of at least 4 members (excludes halogenated alkanes) is 9. The highest BCUT2D eigenvalue weighted by Crippen LogP contribution is 2.40. The first-order chi connectivity index (χ1) is 14.5. The molecular formula is C21H44NO8P. The quantitative estimate of drug-likeness (QED) is 0.0862. The molecule has 186 valence electrons. The summed E-state index contributed by atoms with van der Waals surface area (Å²) in [5.74, 6) is -0.274. The van der Waals surface area contributed by atoms with Crippen LogP contribution in [0, 0.1) is 0 Å². The Hall–Kier alpha value is -0.380. The van der Waals surface area contributed by atoms with E-state index in [1.54, 1.807) is 0 Å². The van der Waals surface area contributed by atoms with E-state index in [0.717, 1.165) is 19.3 Å². The molecule has 0 amide bonds. The molecule has 2 N–H and O–H groups in total. The van der Waals surface area contributed by atoms with E-state index in [9.17, 15) is 14.3 Å². The minimum absolute atomic E-state index is 0.173. The van der Waals surface area contributed by atoms with Gasteiger partial charge in [0.2, 0.25) is 0 Å². The number of aliphatic hydroxyl groups is 1. The monoisotopic (exact) mass is 469 g/mol. The van der Waals surface area contributed by atoms with Crippen LogP contribution >= 0.6 is 7.82 Å². The summed E-state index contributed by atoms with van der Waals surface area (Å²) in [5, 5.41) is 17.5. The van der Waals surface area contributed by atoms with Crippen LogP contribution in [0.1, 0.15) is 77.6 Å². The van der Waals surface area contributed by atoms with Crippen molar-refractivity contribution in [3.05, 3.63) is 0 Å². The lowest BCUT2D eigenvalue weighted by Gasteiger charge is -2.32. The van der Waals surface area contributed by atoms with E-state index in [4.69, 9.17) is 14.9 Å². The van der Waals surface area contributed by atoms with Crippen LogP contribution in [0.4, 0.5) is 0 Å². The molecule has 0 aliphatic rings. The number of quaternary nitrogens is 1. The zero-order chi connectivity index (χ0) is 23.8. The number of ketones is 1. The zero-order valence-corrected chi connectivity index (χ0v) is 20.7. The predicted molar refractivity (Wildman–Crippen MR) is 117 cm³/mol. The van der Waals surface area contributed by atoms with Crippen LogP contribution in [0.3, 0.4) is 0 Å². The molecule has 0 radical (unpaired) electrons. The Balaban J connectivity index is 4.42. The third kappa shape index (κ3) is 17.8. The number of nitrogens with zero attached hydrogens (tertiary/aromatic N) is 1. The van der Waals surface area contributed by atoms with Gasteiger partial charge in [-0.3, -0.25) is 14.6 Å². The second kappa shape index (κ2) is 17.1. The summed E-state index contributed by atoms with van der Waals surface area (Å²) in [6.45, 7) is 1.14. The highest BCUT2D eigenvalue weighted by molar-refractivity contribution is 7.45. The van der Waals surface area contributed by atoms with Crippen molar-refractivity contribution in [1.29, 1.82) is 0 Å². The fraction of sp³-hybridized carbons (Fsp3) is 0.952. The average Bonchev–Trinajstić information content (AvgIpc) is 2.68. The number of likely N-dealkylation sites (N-methyl/N-ethyl adjacent to an activating group) is 1. The summed E-state index contributed by atoms with van der Waals surface area (Å²) in [7, 11) is 0.689. The van der Waals surface area contributed by atoms with E-state index in [0.29, 0.717) is 10.9 Å². The fourth-order valence-corrected chi connectivity index (χ4v) is 4.02. The molecule has 0 heterocycles. The number of carbonyl (C=O) groups excluding carboxylic acids is 1. The maximum Gasteiger partial charge on any atom is 0.268 e. The zero-order valence-electron chi connectivity index (χ0n) is 19.8. The summed E-state index contributed by atoms with van der Waals surface area (Å²) in [5.41, 5.74) is 0. The number of carbonyl (C=O) groups is 1. The van der Waals surface area contributed by atoms with Crippen molar-refractivity contribution in [2.45, 2.75) is 89.8 Å². The maximum absolute atomic E-state index is 12.6. The number of phosphoric acid groups is 1. The van der Waals surface area contributed by atoms with E-state index in [1.807, 2.05) is 21.1 Å². The van der Waals surface area contributed by atoms with Crippen molar-refractivity contribution >= 4 is 13.6 Å². The molecule has 3 atom stereocenters. The molecule has 0 saturated carbocycles. The Morgan fingerprint density at radius 2 is 1.52 bits per heavy atom. The Bertz CT molecular complexity index is 508. The number of hydrogen-bond donors (Lipinski definition) is 2. The molecular weight excluding hydrogens is 425 g/mol. The molecule has 0 aliphatic carbocycles. The molecule has 0 aromatic rings. The minimum Gasteiger partial charge on any atom is -0.756 e. The molecule has 0 aromatic carbocycles. The summed E-state index contributed by atoms with van der Waals surface area (Å²) in [6.07, 6.45) is 9.35. The highest BCUT2D eigenvalue weighted by atomic mass is 31.2. The molecule has 31 heavy (non-hydrogen) atoms. The topological polar surface area (TPSA) is 125 Å². The van der Waals surface area contributed by atoms with Crippen molar-refractivity contribution in [1.82, 2.24) is 0 Å². The number of hydrogen-bond acceptors (Lipinski definition) is 8. The van der Waals surface area contributed by atoms with Crippen LogP contribution in [0.2, 0.25) is 0 Å². The van der Waals surface area contributed by atoms with E-state index >= 15 is 0 Å². The van der Waals surface area contributed by atoms with Crippen LogP contribution in [0.15, 0.2) is 0 Å². The molecule has 0 aromatic heterocycles. The first kappa shape index (κ1) is 30.6. The molecule has 0 spiro atoms. The smallest absolute Gasteiger partial charge is 0.268 e. The SMILES string of the molecule is CCCCCCCCCCCCC(=O)C(C[N+](C)(C)C)OP(=O)([O-])OC[C@@H](CO)OO. The second-order valence-corrected chi connectivity index (χ2v) is 10.5. The van der Waals surface area contributed by atoms with Crippen LogP contribution in [0.5, 0.6) is 0 Å². The summed E-state index contributed by atoms with van der Waals surface area (Å²) >= 11 is 0. The molecule has 0 saturated heterocycles. The first-order valence-corrected chi connectivity index (χ1v) is 12.9. The highest BCUT2D eigenvalue weighted by Gasteiger charge is 2.30. The van der Waals surface area contributed by atoms with Crippen LogP contribution in [-0.2, 0) is 23.3 Å². The number of Topliss-reactive ketones (excluding diaryl/α,β-unsaturated/α-hetero) is 1. The molecule has 0 rings (SSSR count). The van der Waals surface area contributed by atoms with Crippen LogP contribution < -0.4 is 4.89 Å². The summed E-state index contributed by atoms with van der Waals surface area (Å²) in [4.78, 5) is 28.6. The van der Waals surface area contributed by atoms with Gasteiger partial charge in [-0.2, -0.15) is 0 Å². The van der Waals surface area contributed by atoms with Gasteiger partial charge in [-0.05, 0) is 6.42 Å². The lowest BCUT2D eigenvalue weighted by Crippen LogP contribution is -2.45. The van der Waals surface area contributed by atoms with Crippen molar-refractivity contribution in [2.24, 2.45) is 0 Å². The first-order valence-electron chi connectivity index (χ1n) is 11.4. The molecule has 9 nitrogen and oxygen atoms in total. The van der Waals surface area contributed by atoms with E-state index in [-0.39, 0.29) is 18.7 Å². The van der Waals surface area contributed by atoms with E-state index in [1.165, 1.54) is 38.5 Å². The van der Waals surface area contributed by atoms with Gasteiger partial charge in [-0.1, -0.05) is 64.7 Å². The van der Waals surface area contributed by atoms with Gasteiger partial charge < -0.3 is 23.5 Å². The standard InChI is InChI=1S/C21H44NO8P/c1-5-6-7-8-9-10-11-12-13-14-15-20(24)21(16-22(2,3)4)30-31(26,27)28-18-19(17-23)29-25/h19,21,23H,5-18H2,1-4H3,(H-,25,26,27)/t19-,21?/m1/s1. The molecule has 10 heteroatoms. The number of phosphoric ester groups is 1. The molecule has 2 unspecified atom stereocenters. The largest absolute Gasteiger partial charge is 0.756 e. The van der Waals surface area contributed by atoms with Gasteiger partial charge >= 0.3 is 0 Å². The Morgan fingerprint density at radius 3 is 1.97 bits per heavy atom. The summed E-state index contributed by atoms with van der Waals surface area (Å²) in [6, 6.07) is 0. The second-order valence-electron chi connectivity index (χ2n) is 9.12. The van der Waals surface area contributed by atoms with E-state index in [2.05, 4.69) is 16.3 Å². The third-order valence-corrected chi connectivity index (χ3v) is 5.85. The third-order valence-electron chi connectivity index (χ3n) is 4.88. The van der Waals surface area contributed by atoms with Crippen molar-refractivity contribution in [3.63, 3.8) is 0 Å².